The Kier molecular flexibility index (Phi) is 16.3. The molecule has 4 aromatic heterocycles. The first-order chi connectivity index (χ1) is 49.5. The lowest BCUT2D eigenvalue weighted by Gasteiger charge is -2.14. The van der Waals surface area contributed by atoms with E-state index in [0.29, 0.717) is 11.6 Å². The van der Waals surface area contributed by atoms with Crippen molar-refractivity contribution in [1.82, 2.24) is 29.9 Å². The summed E-state index contributed by atoms with van der Waals surface area (Å²) in [7, 11) is 0. The number of pyridine rings is 2. The van der Waals surface area contributed by atoms with E-state index in [0.717, 1.165) is 111 Å². The van der Waals surface area contributed by atoms with Gasteiger partial charge in [0.05, 0.1) is 33.8 Å². The lowest BCUT2D eigenvalue weighted by molar-refractivity contribution is 1.18. The van der Waals surface area contributed by atoms with Gasteiger partial charge in [-0.15, -0.1) is 0 Å². The second kappa shape index (κ2) is 27.0. The van der Waals surface area contributed by atoms with Crippen LogP contribution in [0.3, 0.4) is 0 Å². The van der Waals surface area contributed by atoms with Gasteiger partial charge in [-0.1, -0.05) is 334 Å². The molecule has 0 bridgehead atoms. The lowest BCUT2D eigenvalue weighted by Crippen LogP contribution is -1.96. The topological polar surface area (TPSA) is 77.3 Å². The molecule has 18 rings (SSSR count). The van der Waals surface area contributed by atoms with Crippen molar-refractivity contribution >= 4 is 43.4 Å². The minimum Gasteiger partial charge on any atom is -0.256 e. The first kappa shape index (κ1) is 60.3. The molecule has 0 saturated carbocycles. The second-order valence-corrected chi connectivity index (χ2v) is 24.9. The Morgan fingerprint density at radius 2 is 0.490 bits per heavy atom. The van der Waals surface area contributed by atoms with E-state index in [4.69, 9.17) is 19.9 Å². The molecule has 468 valence electrons. The molecule has 0 fully saturated rings. The van der Waals surface area contributed by atoms with Crippen molar-refractivity contribution in [2.75, 3.05) is 0 Å². The molecule has 0 aliphatic carbocycles. The molecule has 0 saturated heterocycles. The highest BCUT2D eigenvalue weighted by molar-refractivity contribution is 6.08. The Bertz CT molecular complexity index is 5830. The zero-order chi connectivity index (χ0) is 66.6. The Hall–Kier alpha value is -13.4. The molecule has 0 spiro atoms. The van der Waals surface area contributed by atoms with E-state index in [1.54, 1.807) is 0 Å². The maximum absolute atomic E-state index is 5.04. The number of nitrogens with zero attached hydrogens (tertiary/aromatic N) is 6. The minimum absolute atomic E-state index is 0.705. The second-order valence-electron chi connectivity index (χ2n) is 24.9. The predicted molar refractivity (Wildman–Crippen MR) is 415 cm³/mol. The zero-order valence-electron chi connectivity index (χ0n) is 54.5. The number of aromatic nitrogens is 6. The van der Waals surface area contributed by atoms with Crippen LogP contribution in [0.2, 0.25) is 0 Å². The van der Waals surface area contributed by atoms with Gasteiger partial charge in [-0.05, 0) is 108 Å². The number of para-hydroxylation sites is 2. The van der Waals surface area contributed by atoms with Gasteiger partial charge in [0.25, 0.3) is 0 Å². The third-order valence-electron chi connectivity index (χ3n) is 18.7. The van der Waals surface area contributed by atoms with E-state index in [1.807, 2.05) is 103 Å². The van der Waals surface area contributed by atoms with E-state index in [-0.39, 0.29) is 0 Å². The molecule has 6 heteroatoms. The molecule has 0 unspecified atom stereocenters. The fourth-order valence-electron chi connectivity index (χ4n) is 13.7. The molecule has 0 amide bonds. The fraction of sp³-hybridized carbons (Fsp3) is 0. The van der Waals surface area contributed by atoms with Crippen LogP contribution in [0, 0.1) is 0 Å². The molecule has 0 radical (unpaired) electrons. The molecule has 6 nitrogen and oxygen atoms in total. The Balaban J connectivity index is 0.000000150. The smallest absolute Gasteiger partial charge is 0.160 e. The average Bonchev–Trinajstić information content (AvgIpc) is 0.785. The van der Waals surface area contributed by atoms with E-state index in [9.17, 15) is 0 Å². The Morgan fingerprint density at radius 1 is 0.180 bits per heavy atom. The first-order valence-corrected chi connectivity index (χ1v) is 33.7. The normalized spacial score (nSPS) is 11.2. The number of hydrogen-bond acceptors (Lipinski definition) is 6. The zero-order valence-corrected chi connectivity index (χ0v) is 54.5. The summed E-state index contributed by atoms with van der Waals surface area (Å²) in [5, 5.41) is 7.17. The van der Waals surface area contributed by atoms with Gasteiger partial charge in [-0.3, -0.25) is 9.97 Å². The summed E-state index contributed by atoms with van der Waals surface area (Å²) in [5.74, 6) is 1.41. The van der Waals surface area contributed by atoms with Crippen molar-refractivity contribution in [2.24, 2.45) is 0 Å². The van der Waals surface area contributed by atoms with Crippen LogP contribution in [0.15, 0.2) is 376 Å². The van der Waals surface area contributed by atoms with Crippen molar-refractivity contribution in [2.45, 2.75) is 0 Å². The van der Waals surface area contributed by atoms with E-state index in [1.165, 1.54) is 54.9 Å². The number of rotatable bonds is 12. The molecule has 14 aromatic carbocycles. The predicted octanol–water partition coefficient (Wildman–Crippen LogP) is 24.4. The van der Waals surface area contributed by atoms with Crippen molar-refractivity contribution < 1.29 is 0 Å². The van der Waals surface area contributed by atoms with Crippen LogP contribution in [0.5, 0.6) is 0 Å². The molecule has 18 aromatic rings. The fourth-order valence-corrected chi connectivity index (χ4v) is 13.7. The van der Waals surface area contributed by atoms with Gasteiger partial charge in [0.15, 0.2) is 11.6 Å². The standard InChI is InChI=1S/2C47H31N3/c1-3-11-35(12-4-1)43-31-44(36-13-5-2-6-14-36)50-47(49-43)39-28-26-33(27-29-39)41-20-8-16-37-15-7-19-40(45(37)41)32-22-24-34(25-23-32)42-21-9-17-38-18-10-30-48-46(38)42;1-3-11-35(12-4-1)44-30-45(36-13-5-2-6-14-36)50-47(49-44)38-27-25-34(26-28-38)42-19-10-17-37-16-9-18-41(46(37)42)33-23-21-32(22-24-33)40-29-39-15-7-8-20-43(39)48-31-40/h2*1-31H. The molecular weight excluding hydrogens is 1210 g/mol. The first-order valence-electron chi connectivity index (χ1n) is 33.7. The van der Waals surface area contributed by atoms with Crippen LogP contribution >= 0.6 is 0 Å². The van der Waals surface area contributed by atoms with Crippen LogP contribution in [-0.2, 0) is 0 Å². The van der Waals surface area contributed by atoms with Crippen LogP contribution in [0.1, 0.15) is 0 Å². The average molecular weight is 1280 g/mol. The number of fused-ring (bicyclic) bond motifs is 4. The minimum atomic E-state index is 0.705. The van der Waals surface area contributed by atoms with Gasteiger partial charge in [0.1, 0.15) is 0 Å². The summed E-state index contributed by atoms with van der Waals surface area (Å²) < 4.78 is 0. The lowest BCUT2D eigenvalue weighted by atomic mass is 9.90. The summed E-state index contributed by atoms with van der Waals surface area (Å²) in [5.41, 5.74) is 25.8. The highest BCUT2D eigenvalue weighted by atomic mass is 14.9. The van der Waals surface area contributed by atoms with Crippen LogP contribution in [0.25, 0.3) is 178 Å². The SMILES string of the molecule is c1ccc(-c2cc(-c3ccccc3)nc(-c3ccc(-c4cccc5cccc(-c6ccc(-c7cccc8cccnc78)cc6)c45)cc3)n2)cc1.c1ccc(-c2cc(-c3ccccc3)nc(-c3ccc(-c4cccc5cccc(-c6ccc(-c7cnc8ccccc8c7)cc6)c45)cc3)n2)cc1. The Morgan fingerprint density at radius 3 is 0.890 bits per heavy atom. The van der Waals surface area contributed by atoms with Crippen LogP contribution in [0.4, 0.5) is 0 Å². The van der Waals surface area contributed by atoms with E-state index in [2.05, 4.69) is 283 Å². The van der Waals surface area contributed by atoms with Gasteiger partial charge < -0.3 is 0 Å². The summed E-state index contributed by atoms with van der Waals surface area (Å²) in [6.07, 6.45) is 3.82. The van der Waals surface area contributed by atoms with Gasteiger partial charge in [-0.25, -0.2) is 19.9 Å². The van der Waals surface area contributed by atoms with E-state index >= 15 is 0 Å². The summed E-state index contributed by atoms with van der Waals surface area (Å²) in [4.78, 5) is 29.5. The van der Waals surface area contributed by atoms with Crippen molar-refractivity contribution in [3.05, 3.63) is 376 Å². The molecule has 0 aliphatic rings. The maximum Gasteiger partial charge on any atom is 0.160 e. The van der Waals surface area contributed by atoms with Crippen molar-refractivity contribution in [1.29, 1.82) is 0 Å². The van der Waals surface area contributed by atoms with Crippen LogP contribution in [-0.4, -0.2) is 29.9 Å². The van der Waals surface area contributed by atoms with Crippen molar-refractivity contribution in [3.63, 3.8) is 0 Å². The quantitative estimate of drug-likeness (QED) is 0.121. The highest BCUT2D eigenvalue weighted by Gasteiger charge is 2.18. The third kappa shape index (κ3) is 12.3. The van der Waals surface area contributed by atoms with Crippen LogP contribution < -0.4 is 0 Å². The maximum atomic E-state index is 5.04. The largest absolute Gasteiger partial charge is 0.256 e. The number of hydrogen-bond donors (Lipinski definition) is 0. The third-order valence-corrected chi connectivity index (χ3v) is 18.7. The monoisotopic (exact) mass is 1270 g/mol. The molecule has 4 heterocycles. The van der Waals surface area contributed by atoms with Crippen molar-refractivity contribution in [3.8, 4) is 135 Å². The van der Waals surface area contributed by atoms with Gasteiger partial charge >= 0.3 is 0 Å². The summed E-state index contributed by atoms with van der Waals surface area (Å²) >= 11 is 0. The molecule has 0 atom stereocenters. The summed E-state index contributed by atoms with van der Waals surface area (Å²) in [6.45, 7) is 0. The molecule has 100 heavy (non-hydrogen) atoms. The van der Waals surface area contributed by atoms with E-state index < -0.39 is 0 Å². The highest BCUT2D eigenvalue weighted by Crippen LogP contribution is 2.41. The number of benzene rings is 14. The summed E-state index contributed by atoms with van der Waals surface area (Å²) in [6, 6.07) is 128. The molecule has 0 N–H and O–H groups in total. The Labute approximate surface area is 580 Å². The van der Waals surface area contributed by atoms with Gasteiger partial charge in [-0.2, -0.15) is 0 Å². The molecular formula is C94H62N6. The van der Waals surface area contributed by atoms with Gasteiger partial charge in [0.2, 0.25) is 0 Å². The van der Waals surface area contributed by atoms with Gasteiger partial charge in [0, 0.05) is 67.7 Å². The molecule has 0 aliphatic heterocycles.